The van der Waals surface area contributed by atoms with Crippen molar-refractivity contribution in [2.45, 2.75) is 39.3 Å². The Morgan fingerprint density at radius 1 is 1.08 bits per heavy atom. The highest BCUT2D eigenvalue weighted by Gasteiger charge is 2.30. The summed E-state index contributed by atoms with van der Waals surface area (Å²) in [5.74, 6) is -0.253. The molecule has 0 aliphatic heterocycles. The van der Waals surface area contributed by atoms with Gasteiger partial charge in [-0.2, -0.15) is 0 Å². The first-order valence-corrected chi connectivity index (χ1v) is 7.56. The number of methoxy groups -OCH3 is 2. The largest absolute Gasteiger partial charge is 0.497 e. The van der Waals surface area contributed by atoms with Crippen LogP contribution >= 0.6 is 0 Å². The van der Waals surface area contributed by atoms with Crippen LogP contribution in [0.1, 0.15) is 33.3 Å². The molecule has 0 bridgehead atoms. The lowest BCUT2D eigenvalue weighted by atomic mass is 9.97. The van der Waals surface area contributed by atoms with Crippen LogP contribution in [0.4, 0.5) is 4.79 Å². The summed E-state index contributed by atoms with van der Waals surface area (Å²) in [6.07, 6.45) is -0.803. The number of nitrogens with one attached hydrogen (secondary N) is 1. The minimum Gasteiger partial charge on any atom is -0.497 e. The van der Waals surface area contributed by atoms with Gasteiger partial charge in [-0.3, -0.25) is 0 Å². The minimum atomic E-state index is -1.11. The Morgan fingerprint density at radius 2 is 1.58 bits per heavy atom. The summed E-state index contributed by atoms with van der Waals surface area (Å²) < 4.78 is 15.9. The van der Waals surface area contributed by atoms with Crippen LogP contribution in [0.15, 0.2) is 18.2 Å². The molecule has 1 rings (SSSR count). The second kappa shape index (κ2) is 7.90. The topological polar surface area (TPSA) is 94.1 Å². The summed E-state index contributed by atoms with van der Waals surface area (Å²) in [5.41, 5.74) is -0.350. The lowest BCUT2D eigenvalue weighted by Gasteiger charge is -2.28. The van der Waals surface area contributed by atoms with E-state index in [2.05, 4.69) is 5.32 Å². The zero-order valence-corrected chi connectivity index (χ0v) is 14.9. The predicted molar refractivity (Wildman–Crippen MR) is 88.5 cm³/mol. The number of alkyl carbamates (subject to hydrolysis) is 1. The molecular weight excluding hydrogens is 314 g/mol. The van der Waals surface area contributed by atoms with E-state index in [0.29, 0.717) is 17.1 Å². The summed E-state index contributed by atoms with van der Waals surface area (Å²) in [6.45, 7) is 6.81. The third kappa shape index (κ3) is 5.04. The smallest absolute Gasteiger partial charge is 0.408 e. The second-order valence-electron chi connectivity index (χ2n) is 6.21. The van der Waals surface area contributed by atoms with E-state index in [1.54, 1.807) is 45.9 Å². The number of carbonyl (C=O) groups is 2. The van der Waals surface area contributed by atoms with Crippen molar-refractivity contribution < 1.29 is 28.9 Å². The molecule has 0 aliphatic rings. The normalized spacial score (nSPS) is 12.5. The van der Waals surface area contributed by atoms with E-state index >= 15 is 0 Å². The summed E-state index contributed by atoms with van der Waals surface area (Å²) in [6, 6.07) is 4.15. The fourth-order valence-corrected chi connectivity index (χ4v) is 2.12. The van der Waals surface area contributed by atoms with E-state index in [0.717, 1.165) is 0 Å². The maximum atomic E-state index is 12.1. The number of carboxylic acids is 1. The summed E-state index contributed by atoms with van der Waals surface area (Å²) in [5, 5.41) is 11.5. The van der Waals surface area contributed by atoms with Gasteiger partial charge >= 0.3 is 12.1 Å². The van der Waals surface area contributed by atoms with Gasteiger partial charge in [0.25, 0.3) is 0 Å². The van der Waals surface area contributed by atoms with Crippen LogP contribution in [0.5, 0.6) is 11.5 Å². The minimum absolute atomic E-state index is 0.268. The highest BCUT2D eigenvalue weighted by atomic mass is 16.6. The number of benzene rings is 1. The van der Waals surface area contributed by atoms with Crippen molar-refractivity contribution in [1.29, 1.82) is 0 Å². The quantitative estimate of drug-likeness (QED) is 0.793. The molecule has 7 heteroatoms. The lowest BCUT2D eigenvalue weighted by molar-refractivity contribution is -0.140. The molecule has 1 atom stereocenters. The van der Waals surface area contributed by atoms with E-state index in [4.69, 9.17) is 19.3 Å². The SMILES string of the molecule is COc1cc(OC)cc(C(C)(C)OC(=O)NC(C(=O)O)C(C)C)c1. The molecule has 0 aliphatic carbocycles. The van der Waals surface area contributed by atoms with Crippen LogP contribution in [-0.4, -0.2) is 37.4 Å². The second-order valence-corrected chi connectivity index (χ2v) is 6.21. The van der Waals surface area contributed by atoms with Gasteiger partial charge in [0.1, 0.15) is 23.1 Å². The van der Waals surface area contributed by atoms with Gasteiger partial charge in [-0.25, -0.2) is 9.59 Å². The Bertz CT molecular complexity index is 574. The van der Waals surface area contributed by atoms with E-state index in [9.17, 15) is 9.59 Å². The van der Waals surface area contributed by atoms with E-state index in [1.807, 2.05) is 0 Å². The molecule has 0 radical (unpaired) electrons. The number of hydrogen-bond donors (Lipinski definition) is 2. The van der Waals surface area contributed by atoms with E-state index in [-0.39, 0.29) is 5.92 Å². The molecule has 0 aromatic heterocycles. The number of hydrogen-bond acceptors (Lipinski definition) is 5. The lowest BCUT2D eigenvalue weighted by Crippen LogP contribution is -2.46. The maximum absolute atomic E-state index is 12.1. The molecule has 134 valence electrons. The number of rotatable bonds is 7. The Morgan fingerprint density at radius 3 is 1.96 bits per heavy atom. The van der Waals surface area contributed by atoms with Crippen molar-refractivity contribution in [3.8, 4) is 11.5 Å². The average molecular weight is 339 g/mol. The summed E-state index contributed by atoms with van der Waals surface area (Å²) in [7, 11) is 3.05. The van der Waals surface area contributed by atoms with Crippen molar-refractivity contribution in [3.05, 3.63) is 23.8 Å². The van der Waals surface area contributed by atoms with Crippen molar-refractivity contribution in [3.63, 3.8) is 0 Å². The standard InChI is InChI=1S/C17H25NO6/c1-10(2)14(15(19)20)18-16(21)24-17(3,4)11-7-12(22-5)9-13(8-11)23-6/h7-10,14H,1-6H3,(H,18,21)(H,19,20). The van der Waals surface area contributed by atoms with Gasteiger partial charge in [-0.15, -0.1) is 0 Å². The Hall–Kier alpha value is -2.44. The highest BCUT2D eigenvalue weighted by Crippen LogP contribution is 2.32. The van der Waals surface area contributed by atoms with E-state index < -0.39 is 23.7 Å². The van der Waals surface area contributed by atoms with Crippen molar-refractivity contribution in [2.75, 3.05) is 14.2 Å². The number of amides is 1. The van der Waals surface area contributed by atoms with Gasteiger partial charge in [-0.1, -0.05) is 13.8 Å². The molecule has 24 heavy (non-hydrogen) atoms. The van der Waals surface area contributed by atoms with Crippen molar-refractivity contribution >= 4 is 12.1 Å². The Kier molecular flexibility index (Phi) is 6.45. The summed E-state index contributed by atoms with van der Waals surface area (Å²) in [4.78, 5) is 23.3. The molecule has 1 amide bonds. The molecule has 0 saturated heterocycles. The third-order valence-corrected chi connectivity index (χ3v) is 3.60. The zero-order valence-electron chi connectivity index (χ0n) is 14.9. The van der Waals surface area contributed by atoms with Gasteiger partial charge in [0.2, 0.25) is 0 Å². The van der Waals surface area contributed by atoms with Crippen LogP contribution in [-0.2, 0) is 15.1 Å². The van der Waals surface area contributed by atoms with Crippen LogP contribution in [0.2, 0.25) is 0 Å². The molecule has 0 fully saturated rings. The van der Waals surface area contributed by atoms with Crippen LogP contribution in [0.3, 0.4) is 0 Å². The molecule has 7 nitrogen and oxygen atoms in total. The monoisotopic (exact) mass is 339 g/mol. The number of ether oxygens (including phenoxy) is 3. The maximum Gasteiger partial charge on any atom is 0.408 e. The highest BCUT2D eigenvalue weighted by molar-refractivity contribution is 5.80. The van der Waals surface area contributed by atoms with Gasteiger partial charge in [-0.05, 0) is 31.9 Å². The fraction of sp³-hybridized carbons (Fsp3) is 0.529. The molecule has 1 unspecified atom stereocenters. The van der Waals surface area contributed by atoms with Crippen LogP contribution in [0.25, 0.3) is 0 Å². The molecule has 2 N–H and O–H groups in total. The van der Waals surface area contributed by atoms with Crippen molar-refractivity contribution in [2.24, 2.45) is 5.92 Å². The van der Waals surface area contributed by atoms with Gasteiger partial charge < -0.3 is 24.6 Å². The van der Waals surface area contributed by atoms with Gasteiger partial charge in [0.05, 0.1) is 14.2 Å². The summed E-state index contributed by atoms with van der Waals surface area (Å²) >= 11 is 0. The first-order valence-electron chi connectivity index (χ1n) is 7.56. The molecule has 0 saturated carbocycles. The first-order chi connectivity index (χ1) is 11.1. The Labute approximate surface area is 141 Å². The molecule has 1 aromatic rings. The Balaban J connectivity index is 2.96. The van der Waals surface area contributed by atoms with Gasteiger partial charge in [0, 0.05) is 11.6 Å². The molecular formula is C17H25NO6. The fourth-order valence-electron chi connectivity index (χ4n) is 2.12. The third-order valence-electron chi connectivity index (χ3n) is 3.60. The van der Waals surface area contributed by atoms with E-state index in [1.165, 1.54) is 14.2 Å². The number of carbonyl (C=O) groups excluding carboxylic acids is 1. The van der Waals surface area contributed by atoms with Crippen LogP contribution in [0, 0.1) is 5.92 Å². The molecule has 0 heterocycles. The number of aliphatic carboxylic acids is 1. The van der Waals surface area contributed by atoms with Gasteiger partial charge in [0.15, 0.2) is 0 Å². The molecule has 0 spiro atoms. The van der Waals surface area contributed by atoms with Crippen LogP contribution < -0.4 is 14.8 Å². The number of carboxylic acid groups (broad SMARTS) is 1. The van der Waals surface area contributed by atoms with Crippen molar-refractivity contribution in [1.82, 2.24) is 5.32 Å². The zero-order chi connectivity index (χ0) is 18.5. The molecule has 1 aromatic carbocycles. The first kappa shape index (κ1) is 19.6. The average Bonchev–Trinajstić information content (AvgIpc) is 2.50. The predicted octanol–water partition coefficient (Wildman–Crippen LogP) is 2.77.